The van der Waals surface area contributed by atoms with Crippen LogP contribution in [-0.4, -0.2) is 28.9 Å². The van der Waals surface area contributed by atoms with Gasteiger partial charge in [0.2, 0.25) is 5.91 Å². The van der Waals surface area contributed by atoms with Crippen LogP contribution < -0.4 is 10.2 Å². The molecule has 1 saturated heterocycles. The van der Waals surface area contributed by atoms with Crippen LogP contribution in [-0.2, 0) is 9.59 Å². The summed E-state index contributed by atoms with van der Waals surface area (Å²) in [5.74, 6) is 0.732. The Kier molecular flexibility index (Phi) is 4.46. The van der Waals surface area contributed by atoms with Gasteiger partial charge >= 0.3 is 5.97 Å². The van der Waals surface area contributed by atoms with Gasteiger partial charge in [0.05, 0.1) is 17.7 Å². The molecular weight excluding hydrogens is 332 g/mol. The Hall–Kier alpha value is -3.59. The third-order valence-corrected chi connectivity index (χ3v) is 4.20. The fourth-order valence-electron chi connectivity index (χ4n) is 2.94. The lowest BCUT2D eigenvalue weighted by Crippen LogP contribution is -2.35. The molecule has 0 bridgehead atoms. The number of nitrogens with zero attached hydrogens (tertiary/aromatic N) is 1. The molecule has 2 N–H and O–H groups in total. The number of carboxylic acids is 1. The fraction of sp³-hybridized carbons (Fsp3) is 0.150. The fourth-order valence-corrected chi connectivity index (χ4v) is 2.94. The van der Waals surface area contributed by atoms with Crippen LogP contribution in [0.3, 0.4) is 0 Å². The second kappa shape index (κ2) is 6.73. The Bertz CT molecular complexity index is 959. The number of hydrogen-bond donors (Lipinski definition) is 2. The highest BCUT2D eigenvalue weighted by atomic mass is 16.4. The quantitative estimate of drug-likeness (QED) is 0.655. The van der Waals surface area contributed by atoms with Crippen molar-refractivity contribution in [3.8, 4) is 12.3 Å². The topological polar surface area (TPSA) is 86.7 Å². The zero-order valence-corrected chi connectivity index (χ0v) is 14.0. The van der Waals surface area contributed by atoms with Gasteiger partial charge in [0.25, 0.3) is 5.91 Å². The van der Waals surface area contributed by atoms with Crippen molar-refractivity contribution in [2.24, 2.45) is 0 Å². The van der Waals surface area contributed by atoms with Crippen molar-refractivity contribution in [3.63, 3.8) is 0 Å². The van der Waals surface area contributed by atoms with Crippen molar-refractivity contribution >= 4 is 29.2 Å². The zero-order chi connectivity index (χ0) is 18.8. The van der Waals surface area contributed by atoms with E-state index in [1.165, 1.54) is 18.2 Å². The van der Waals surface area contributed by atoms with Crippen molar-refractivity contribution in [1.82, 2.24) is 0 Å². The molecule has 1 aliphatic heterocycles. The van der Waals surface area contributed by atoms with Gasteiger partial charge in [-0.2, -0.15) is 0 Å². The number of amides is 2. The molecule has 6 heteroatoms. The number of benzene rings is 2. The first-order valence-electron chi connectivity index (χ1n) is 7.94. The second-order valence-corrected chi connectivity index (χ2v) is 6.00. The van der Waals surface area contributed by atoms with E-state index in [0.717, 1.165) is 4.90 Å². The summed E-state index contributed by atoms with van der Waals surface area (Å²) in [6.07, 6.45) is 5.39. The monoisotopic (exact) mass is 348 g/mol. The van der Waals surface area contributed by atoms with Crippen molar-refractivity contribution in [2.45, 2.75) is 19.4 Å². The van der Waals surface area contributed by atoms with Crippen LogP contribution in [0.1, 0.15) is 27.9 Å². The van der Waals surface area contributed by atoms with Crippen molar-refractivity contribution in [2.75, 3.05) is 10.2 Å². The van der Waals surface area contributed by atoms with Crippen LogP contribution in [0.25, 0.3) is 0 Å². The summed E-state index contributed by atoms with van der Waals surface area (Å²) in [4.78, 5) is 37.3. The Morgan fingerprint density at radius 3 is 2.69 bits per heavy atom. The van der Waals surface area contributed by atoms with E-state index in [1.54, 1.807) is 31.2 Å². The summed E-state index contributed by atoms with van der Waals surface area (Å²) in [5.41, 5.74) is 2.37. The number of carboxylic acid groups (broad SMARTS) is 1. The lowest BCUT2D eigenvalue weighted by atomic mass is 10.1. The molecule has 2 aromatic carbocycles. The molecule has 0 aromatic heterocycles. The summed E-state index contributed by atoms with van der Waals surface area (Å²) in [6, 6.07) is 10.6. The molecule has 130 valence electrons. The molecule has 26 heavy (non-hydrogen) atoms. The van der Waals surface area contributed by atoms with Gasteiger partial charge in [-0.3, -0.25) is 9.59 Å². The minimum atomic E-state index is -1.06. The lowest BCUT2D eigenvalue weighted by Gasteiger charge is -2.18. The SMILES string of the molecule is C#Cc1cccc(NC2CC(=O)N(c3ccc(C(=O)O)cc3C)C2=O)c1. The van der Waals surface area contributed by atoms with E-state index in [-0.39, 0.29) is 23.8 Å². The molecule has 3 rings (SSSR count). The Morgan fingerprint density at radius 2 is 2.04 bits per heavy atom. The Labute approximate surface area is 150 Å². The number of aryl methyl sites for hydroxylation is 1. The van der Waals surface area contributed by atoms with E-state index < -0.39 is 12.0 Å². The van der Waals surface area contributed by atoms with Crippen LogP contribution in [0, 0.1) is 19.3 Å². The minimum absolute atomic E-state index is 0.0131. The molecule has 6 nitrogen and oxygen atoms in total. The smallest absolute Gasteiger partial charge is 0.335 e. The Balaban J connectivity index is 1.85. The summed E-state index contributed by atoms with van der Waals surface area (Å²) in [5, 5.41) is 12.1. The molecule has 1 atom stereocenters. The summed E-state index contributed by atoms with van der Waals surface area (Å²) in [6.45, 7) is 1.67. The highest BCUT2D eigenvalue weighted by Crippen LogP contribution is 2.28. The third kappa shape index (κ3) is 3.15. The van der Waals surface area contributed by atoms with Crippen LogP contribution in [0.15, 0.2) is 42.5 Å². The average Bonchev–Trinajstić information content (AvgIpc) is 2.88. The van der Waals surface area contributed by atoms with E-state index in [2.05, 4.69) is 11.2 Å². The van der Waals surface area contributed by atoms with Crippen molar-refractivity contribution in [3.05, 3.63) is 59.2 Å². The predicted molar refractivity (Wildman–Crippen MR) is 97.0 cm³/mol. The van der Waals surface area contributed by atoms with Crippen LogP contribution in [0.2, 0.25) is 0 Å². The summed E-state index contributed by atoms with van der Waals surface area (Å²) < 4.78 is 0. The number of hydrogen-bond acceptors (Lipinski definition) is 4. The predicted octanol–water partition coefficient (Wildman–Crippen LogP) is 2.42. The van der Waals surface area contributed by atoms with Crippen LogP contribution >= 0.6 is 0 Å². The highest BCUT2D eigenvalue weighted by Gasteiger charge is 2.40. The number of aromatic carboxylic acids is 1. The van der Waals surface area contributed by atoms with Crippen LogP contribution in [0.4, 0.5) is 11.4 Å². The molecule has 0 aliphatic carbocycles. The van der Waals surface area contributed by atoms with Crippen LogP contribution in [0.5, 0.6) is 0 Å². The molecular formula is C20H16N2O4. The number of terminal acetylenes is 1. The number of anilines is 2. The normalized spacial score (nSPS) is 16.5. The molecule has 1 heterocycles. The maximum absolute atomic E-state index is 12.7. The third-order valence-electron chi connectivity index (χ3n) is 4.20. The number of rotatable bonds is 4. The molecule has 2 aromatic rings. The van der Waals surface area contributed by atoms with E-state index >= 15 is 0 Å². The Morgan fingerprint density at radius 1 is 1.27 bits per heavy atom. The zero-order valence-electron chi connectivity index (χ0n) is 14.0. The van der Waals surface area contributed by atoms with Gasteiger partial charge in [-0.05, 0) is 48.9 Å². The molecule has 2 amide bonds. The molecule has 1 unspecified atom stereocenters. The maximum atomic E-state index is 12.7. The number of carbonyl (C=O) groups is 3. The summed E-state index contributed by atoms with van der Waals surface area (Å²) >= 11 is 0. The van der Waals surface area contributed by atoms with Gasteiger partial charge < -0.3 is 10.4 Å². The first-order chi connectivity index (χ1) is 12.4. The number of nitrogens with one attached hydrogen (secondary N) is 1. The largest absolute Gasteiger partial charge is 0.478 e. The average molecular weight is 348 g/mol. The van der Waals surface area contributed by atoms with Gasteiger partial charge in [-0.1, -0.05) is 12.0 Å². The van der Waals surface area contributed by atoms with Gasteiger partial charge in [-0.15, -0.1) is 6.42 Å². The van der Waals surface area contributed by atoms with Gasteiger partial charge in [0.1, 0.15) is 6.04 Å². The molecule has 1 fully saturated rings. The van der Waals surface area contributed by atoms with E-state index in [0.29, 0.717) is 22.5 Å². The van der Waals surface area contributed by atoms with Gasteiger partial charge in [0.15, 0.2) is 0 Å². The first-order valence-corrected chi connectivity index (χ1v) is 7.94. The van der Waals surface area contributed by atoms with Gasteiger partial charge in [-0.25, -0.2) is 9.69 Å². The standard InChI is InChI=1S/C20H16N2O4/c1-3-13-5-4-6-15(10-13)21-16-11-18(23)22(19(16)24)17-8-7-14(20(25)26)9-12(17)2/h1,4-10,16,21H,11H2,2H3,(H,25,26). The highest BCUT2D eigenvalue weighted by molar-refractivity contribution is 6.23. The van der Waals surface area contributed by atoms with E-state index in [4.69, 9.17) is 11.5 Å². The van der Waals surface area contributed by atoms with Gasteiger partial charge in [0, 0.05) is 11.3 Å². The minimum Gasteiger partial charge on any atom is -0.478 e. The van der Waals surface area contributed by atoms with E-state index in [9.17, 15) is 14.4 Å². The maximum Gasteiger partial charge on any atom is 0.335 e. The summed E-state index contributed by atoms with van der Waals surface area (Å²) in [7, 11) is 0. The lowest BCUT2D eigenvalue weighted by molar-refractivity contribution is -0.121. The van der Waals surface area contributed by atoms with Crippen molar-refractivity contribution in [1.29, 1.82) is 0 Å². The number of carbonyl (C=O) groups excluding carboxylic acids is 2. The number of imide groups is 1. The van der Waals surface area contributed by atoms with Crippen molar-refractivity contribution < 1.29 is 19.5 Å². The first kappa shape index (κ1) is 17.2. The molecule has 1 aliphatic rings. The molecule has 0 spiro atoms. The van der Waals surface area contributed by atoms with E-state index in [1.807, 2.05) is 0 Å². The molecule has 0 radical (unpaired) electrons. The molecule has 0 saturated carbocycles. The second-order valence-electron chi connectivity index (χ2n) is 6.00.